The third-order valence-electron chi connectivity index (χ3n) is 4.48. The molecule has 3 heterocycles. The van der Waals surface area contributed by atoms with Crippen molar-refractivity contribution in [3.8, 4) is 10.8 Å². The molecule has 120 valence electrons. The molecule has 1 fully saturated rings. The Morgan fingerprint density at radius 2 is 1.91 bits per heavy atom. The molecule has 4 nitrogen and oxygen atoms in total. The van der Waals surface area contributed by atoms with Crippen molar-refractivity contribution in [1.29, 1.82) is 0 Å². The fourth-order valence-corrected chi connectivity index (χ4v) is 3.96. The number of aliphatic imine (C=N–C) groups is 1. The molecule has 0 N–H and O–H groups in total. The average Bonchev–Trinajstić information content (AvgIpc) is 2.82. The Balaban J connectivity index is 1.84. The van der Waals surface area contributed by atoms with Gasteiger partial charge in [0.15, 0.2) is 10.8 Å². The van der Waals surface area contributed by atoms with Crippen LogP contribution in [0.4, 0.5) is 5.69 Å². The average molecular weight is 327 g/mol. The lowest BCUT2D eigenvalue weighted by Crippen LogP contribution is -2.47. The molecule has 0 radical (unpaired) electrons. The molecule has 1 aromatic carbocycles. The minimum Gasteiger partial charge on any atom is -0.443 e. The standard InChI is InChI=1S/C18H21N3OS/c1-12-5-4-6-15-16(12)22-18-14(11-13(2)23-18)17(19-15)21-9-7-20(3)8-10-21/h4-6,11H,7-10H2,1-3H3. The highest BCUT2D eigenvalue weighted by Crippen LogP contribution is 2.43. The van der Waals surface area contributed by atoms with Gasteiger partial charge in [-0.2, -0.15) is 0 Å². The highest BCUT2D eigenvalue weighted by atomic mass is 32.1. The van der Waals surface area contributed by atoms with Crippen LogP contribution in [0.2, 0.25) is 0 Å². The van der Waals surface area contributed by atoms with Crippen molar-refractivity contribution >= 4 is 22.9 Å². The molecule has 1 saturated heterocycles. The number of piperazine rings is 1. The van der Waals surface area contributed by atoms with Gasteiger partial charge in [-0.3, -0.25) is 0 Å². The highest BCUT2D eigenvalue weighted by Gasteiger charge is 2.27. The summed E-state index contributed by atoms with van der Waals surface area (Å²) in [5.74, 6) is 1.95. The molecule has 0 bridgehead atoms. The van der Waals surface area contributed by atoms with E-state index >= 15 is 0 Å². The van der Waals surface area contributed by atoms with E-state index in [0.717, 1.165) is 59.6 Å². The zero-order valence-corrected chi connectivity index (χ0v) is 14.6. The van der Waals surface area contributed by atoms with Gasteiger partial charge in [-0.05, 0) is 38.6 Å². The van der Waals surface area contributed by atoms with E-state index in [9.17, 15) is 0 Å². The summed E-state index contributed by atoms with van der Waals surface area (Å²) in [6, 6.07) is 8.38. The number of aryl methyl sites for hydroxylation is 2. The number of likely N-dealkylation sites (N-methyl/N-ethyl adjacent to an activating group) is 1. The van der Waals surface area contributed by atoms with Crippen LogP contribution in [-0.2, 0) is 0 Å². The van der Waals surface area contributed by atoms with E-state index in [0.29, 0.717) is 0 Å². The molecule has 0 atom stereocenters. The summed E-state index contributed by atoms with van der Waals surface area (Å²) >= 11 is 1.70. The Hall–Kier alpha value is -1.85. The fourth-order valence-electron chi connectivity index (χ4n) is 3.11. The smallest absolute Gasteiger partial charge is 0.192 e. The van der Waals surface area contributed by atoms with Crippen LogP contribution in [0.5, 0.6) is 10.8 Å². The molecule has 0 spiro atoms. The normalized spacial score (nSPS) is 17.9. The summed E-state index contributed by atoms with van der Waals surface area (Å²) in [6.45, 7) is 8.35. The van der Waals surface area contributed by atoms with Crippen LogP contribution in [0.1, 0.15) is 16.0 Å². The second kappa shape index (κ2) is 5.65. The first-order valence-corrected chi connectivity index (χ1v) is 8.84. The summed E-state index contributed by atoms with van der Waals surface area (Å²) in [7, 11) is 2.17. The zero-order chi connectivity index (χ0) is 16.0. The van der Waals surface area contributed by atoms with Gasteiger partial charge in [-0.15, -0.1) is 11.3 Å². The van der Waals surface area contributed by atoms with Crippen molar-refractivity contribution in [1.82, 2.24) is 9.80 Å². The number of ether oxygens (including phenoxy) is 1. The molecule has 0 amide bonds. The van der Waals surface area contributed by atoms with Crippen LogP contribution in [0.3, 0.4) is 0 Å². The van der Waals surface area contributed by atoms with Gasteiger partial charge in [0, 0.05) is 31.1 Å². The largest absolute Gasteiger partial charge is 0.443 e. The number of para-hydroxylation sites is 1. The molecule has 0 saturated carbocycles. The second-order valence-electron chi connectivity index (χ2n) is 6.31. The number of fused-ring (bicyclic) bond motifs is 2. The minimum absolute atomic E-state index is 0.889. The quantitative estimate of drug-likeness (QED) is 0.737. The third-order valence-corrected chi connectivity index (χ3v) is 5.41. The lowest BCUT2D eigenvalue weighted by atomic mass is 10.2. The number of hydrogen-bond acceptors (Lipinski definition) is 5. The van der Waals surface area contributed by atoms with E-state index in [-0.39, 0.29) is 0 Å². The van der Waals surface area contributed by atoms with Crippen LogP contribution in [-0.4, -0.2) is 48.9 Å². The monoisotopic (exact) mass is 327 g/mol. The Labute approximate surface area is 141 Å². The summed E-state index contributed by atoms with van der Waals surface area (Å²) in [5, 5.41) is 0.966. The van der Waals surface area contributed by atoms with Gasteiger partial charge < -0.3 is 14.5 Å². The second-order valence-corrected chi connectivity index (χ2v) is 7.53. The van der Waals surface area contributed by atoms with Crippen molar-refractivity contribution in [2.24, 2.45) is 4.99 Å². The van der Waals surface area contributed by atoms with Gasteiger partial charge in [0.1, 0.15) is 11.5 Å². The van der Waals surface area contributed by atoms with Crippen LogP contribution in [0, 0.1) is 13.8 Å². The maximum absolute atomic E-state index is 6.26. The number of benzene rings is 1. The topological polar surface area (TPSA) is 28.1 Å². The van der Waals surface area contributed by atoms with Gasteiger partial charge in [-0.25, -0.2) is 4.99 Å². The van der Waals surface area contributed by atoms with Gasteiger partial charge in [0.05, 0.1) is 5.56 Å². The maximum Gasteiger partial charge on any atom is 0.192 e. The lowest BCUT2D eigenvalue weighted by molar-refractivity contribution is 0.216. The first-order chi connectivity index (χ1) is 11.1. The molecule has 23 heavy (non-hydrogen) atoms. The molecule has 2 aliphatic heterocycles. The van der Waals surface area contributed by atoms with Crippen LogP contribution < -0.4 is 4.74 Å². The maximum atomic E-state index is 6.26. The molecular weight excluding hydrogens is 306 g/mol. The van der Waals surface area contributed by atoms with E-state index in [2.05, 4.69) is 42.8 Å². The van der Waals surface area contributed by atoms with E-state index in [1.54, 1.807) is 11.3 Å². The summed E-state index contributed by atoms with van der Waals surface area (Å²) < 4.78 is 6.26. The van der Waals surface area contributed by atoms with Crippen LogP contribution in [0.25, 0.3) is 0 Å². The number of rotatable bonds is 0. The first-order valence-electron chi connectivity index (χ1n) is 8.02. The zero-order valence-electron chi connectivity index (χ0n) is 13.8. The number of hydrogen-bond donors (Lipinski definition) is 0. The predicted molar refractivity (Wildman–Crippen MR) is 95.6 cm³/mol. The number of amidine groups is 1. The van der Waals surface area contributed by atoms with E-state index in [1.165, 1.54) is 4.88 Å². The van der Waals surface area contributed by atoms with Crippen molar-refractivity contribution in [3.05, 3.63) is 40.3 Å². The summed E-state index contributed by atoms with van der Waals surface area (Å²) in [5.41, 5.74) is 3.19. The van der Waals surface area contributed by atoms with Crippen molar-refractivity contribution < 1.29 is 4.74 Å². The van der Waals surface area contributed by atoms with Crippen LogP contribution >= 0.6 is 11.3 Å². The molecule has 1 aromatic heterocycles. The Kier molecular flexibility index (Phi) is 3.62. The Bertz CT molecular complexity index is 773. The third kappa shape index (κ3) is 2.64. The van der Waals surface area contributed by atoms with E-state index in [1.807, 2.05) is 12.1 Å². The van der Waals surface area contributed by atoms with Crippen molar-refractivity contribution in [2.75, 3.05) is 33.2 Å². The minimum atomic E-state index is 0.889. The predicted octanol–water partition coefficient (Wildman–Crippen LogP) is 3.80. The Morgan fingerprint density at radius 1 is 1.13 bits per heavy atom. The summed E-state index contributed by atoms with van der Waals surface area (Å²) in [4.78, 5) is 11.0. The van der Waals surface area contributed by atoms with Gasteiger partial charge in [0.25, 0.3) is 0 Å². The lowest BCUT2D eigenvalue weighted by Gasteiger charge is -2.34. The highest BCUT2D eigenvalue weighted by molar-refractivity contribution is 7.14. The molecule has 4 rings (SSSR count). The van der Waals surface area contributed by atoms with Crippen molar-refractivity contribution in [3.63, 3.8) is 0 Å². The number of nitrogens with zero attached hydrogens (tertiary/aromatic N) is 3. The molecule has 5 heteroatoms. The molecule has 2 aromatic rings. The number of thiophene rings is 1. The molecule has 0 aliphatic carbocycles. The van der Waals surface area contributed by atoms with Crippen LogP contribution in [0.15, 0.2) is 29.3 Å². The van der Waals surface area contributed by atoms with E-state index < -0.39 is 0 Å². The molecule has 0 unspecified atom stereocenters. The van der Waals surface area contributed by atoms with Gasteiger partial charge in [-0.1, -0.05) is 12.1 Å². The van der Waals surface area contributed by atoms with Gasteiger partial charge >= 0.3 is 0 Å². The van der Waals surface area contributed by atoms with E-state index in [4.69, 9.17) is 9.73 Å². The van der Waals surface area contributed by atoms with Crippen molar-refractivity contribution in [2.45, 2.75) is 13.8 Å². The molecular formula is C18H21N3OS. The fraction of sp³-hybridized carbons (Fsp3) is 0.389. The first kappa shape index (κ1) is 14.7. The summed E-state index contributed by atoms with van der Waals surface area (Å²) in [6.07, 6.45) is 0. The SMILES string of the molecule is Cc1cc2c(s1)Oc1c(C)cccc1N=C2N1CCN(C)CC1. The molecule has 2 aliphatic rings. The van der Waals surface area contributed by atoms with Gasteiger partial charge in [0.2, 0.25) is 0 Å². The Morgan fingerprint density at radius 3 is 2.70 bits per heavy atom.